The van der Waals surface area contributed by atoms with E-state index < -0.39 is 30.3 Å². The van der Waals surface area contributed by atoms with Crippen LogP contribution in [0.5, 0.6) is 0 Å². The number of carbonyl (C=O) groups is 1. The smallest absolute Gasteiger partial charge is 0.315 e. The average molecular weight is 210 g/mol. The Morgan fingerprint density at radius 3 is 2.29 bits per heavy atom. The molecule has 1 unspecified atom stereocenters. The third kappa shape index (κ3) is 2.17. The zero-order valence-corrected chi connectivity index (χ0v) is 8.27. The maximum absolute atomic E-state index is 12.1. The van der Waals surface area contributed by atoms with Crippen molar-refractivity contribution in [2.75, 3.05) is 6.54 Å². The van der Waals surface area contributed by atoms with E-state index in [2.05, 4.69) is 5.32 Å². The van der Waals surface area contributed by atoms with Crippen molar-refractivity contribution in [1.29, 1.82) is 0 Å². The van der Waals surface area contributed by atoms with Crippen LogP contribution in [0, 0.1) is 0 Å². The van der Waals surface area contributed by atoms with Crippen LogP contribution in [0.15, 0.2) is 0 Å². The Morgan fingerprint density at radius 2 is 2.00 bits per heavy atom. The maximum atomic E-state index is 12.1. The van der Waals surface area contributed by atoms with Crippen LogP contribution in [0.1, 0.15) is 20.8 Å². The SMILES string of the molecule is CC1NC(C)(C)N(CC(F)(F)F)C1=O. The molecule has 1 heterocycles. The molecule has 1 fully saturated rings. The number of amides is 1. The molecule has 1 atom stereocenters. The van der Waals surface area contributed by atoms with Crippen molar-refractivity contribution in [3.05, 3.63) is 0 Å². The van der Waals surface area contributed by atoms with Gasteiger partial charge in [0, 0.05) is 0 Å². The number of alkyl halides is 3. The van der Waals surface area contributed by atoms with Crippen molar-refractivity contribution < 1.29 is 18.0 Å². The molecule has 6 heteroatoms. The van der Waals surface area contributed by atoms with Gasteiger partial charge in [0.2, 0.25) is 5.91 Å². The fourth-order valence-electron chi connectivity index (χ4n) is 1.63. The van der Waals surface area contributed by atoms with Crippen molar-refractivity contribution in [2.45, 2.75) is 38.7 Å². The first-order valence-corrected chi connectivity index (χ1v) is 4.29. The van der Waals surface area contributed by atoms with Gasteiger partial charge in [-0.05, 0) is 20.8 Å². The Hall–Kier alpha value is -0.780. The van der Waals surface area contributed by atoms with Crippen molar-refractivity contribution in [3.8, 4) is 0 Å². The predicted molar refractivity (Wildman–Crippen MR) is 44.4 cm³/mol. The van der Waals surface area contributed by atoms with Crippen LogP contribution in [-0.2, 0) is 4.79 Å². The number of nitrogens with one attached hydrogen (secondary N) is 1. The molecule has 14 heavy (non-hydrogen) atoms. The molecular weight excluding hydrogens is 197 g/mol. The molecule has 0 aromatic heterocycles. The number of halogens is 3. The van der Waals surface area contributed by atoms with Gasteiger partial charge in [-0.3, -0.25) is 10.1 Å². The second-order valence-corrected chi connectivity index (χ2v) is 3.96. The number of nitrogens with zero attached hydrogens (tertiary/aromatic N) is 1. The van der Waals surface area contributed by atoms with E-state index in [9.17, 15) is 18.0 Å². The van der Waals surface area contributed by atoms with Crippen LogP contribution in [-0.4, -0.2) is 35.2 Å². The summed E-state index contributed by atoms with van der Waals surface area (Å²) in [6, 6.07) is -0.549. The summed E-state index contributed by atoms with van der Waals surface area (Å²) in [6.45, 7) is 3.47. The van der Waals surface area contributed by atoms with Crippen LogP contribution in [0.3, 0.4) is 0 Å². The highest BCUT2D eigenvalue weighted by molar-refractivity contribution is 5.84. The second-order valence-electron chi connectivity index (χ2n) is 3.96. The zero-order valence-electron chi connectivity index (χ0n) is 8.27. The van der Waals surface area contributed by atoms with E-state index in [-0.39, 0.29) is 0 Å². The molecule has 0 aromatic carbocycles. The molecular formula is C8H13F3N2O. The molecule has 1 saturated heterocycles. The van der Waals surface area contributed by atoms with Crippen LogP contribution in [0.2, 0.25) is 0 Å². The van der Waals surface area contributed by atoms with E-state index in [1.165, 1.54) is 0 Å². The molecule has 0 spiro atoms. The van der Waals surface area contributed by atoms with E-state index in [0.717, 1.165) is 4.90 Å². The molecule has 1 aliphatic rings. The minimum atomic E-state index is -4.35. The van der Waals surface area contributed by atoms with Crippen LogP contribution < -0.4 is 5.32 Å². The predicted octanol–water partition coefficient (Wildman–Crippen LogP) is 1.11. The van der Waals surface area contributed by atoms with Gasteiger partial charge in [0.25, 0.3) is 0 Å². The molecule has 1 amide bonds. The van der Waals surface area contributed by atoms with Crippen molar-refractivity contribution >= 4 is 5.91 Å². The zero-order chi connectivity index (χ0) is 11.1. The average Bonchev–Trinajstić information content (AvgIpc) is 2.10. The quantitative estimate of drug-likeness (QED) is 0.703. The third-order valence-electron chi connectivity index (χ3n) is 2.22. The first kappa shape index (κ1) is 11.3. The van der Waals surface area contributed by atoms with E-state index in [0.29, 0.717) is 0 Å². The van der Waals surface area contributed by atoms with Crippen molar-refractivity contribution in [1.82, 2.24) is 10.2 Å². The Morgan fingerprint density at radius 1 is 1.50 bits per heavy atom. The summed E-state index contributed by atoms with van der Waals surface area (Å²) in [4.78, 5) is 12.2. The highest BCUT2D eigenvalue weighted by Crippen LogP contribution is 2.26. The first-order valence-electron chi connectivity index (χ1n) is 4.29. The third-order valence-corrected chi connectivity index (χ3v) is 2.22. The molecule has 0 aliphatic carbocycles. The minimum Gasteiger partial charge on any atom is -0.315 e. The van der Waals surface area contributed by atoms with Crippen LogP contribution in [0.25, 0.3) is 0 Å². The Bertz CT molecular complexity index is 249. The molecule has 1 N–H and O–H groups in total. The summed E-state index contributed by atoms with van der Waals surface area (Å²) < 4.78 is 36.4. The standard InChI is InChI=1S/C8H13F3N2O/c1-5-6(14)13(4-8(9,10)11)7(2,3)12-5/h5,12H,4H2,1-3H3. The van der Waals surface area contributed by atoms with Crippen molar-refractivity contribution in [2.24, 2.45) is 0 Å². The molecule has 0 aromatic rings. The lowest BCUT2D eigenvalue weighted by Gasteiger charge is -2.31. The van der Waals surface area contributed by atoms with E-state index in [1.807, 2.05) is 0 Å². The van der Waals surface area contributed by atoms with Gasteiger partial charge >= 0.3 is 6.18 Å². The highest BCUT2D eigenvalue weighted by Gasteiger charge is 2.46. The highest BCUT2D eigenvalue weighted by atomic mass is 19.4. The fraction of sp³-hybridized carbons (Fsp3) is 0.875. The fourth-order valence-corrected chi connectivity index (χ4v) is 1.63. The number of rotatable bonds is 1. The molecule has 1 aliphatic heterocycles. The van der Waals surface area contributed by atoms with E-state index in [1.54, 1.807) is 20.8 Å². The summed E-state index contributed by atoms with van der Waals surface area (Å²) in [5, 5.41) is 2.79. The summed E-state index contributed by atoms with van der Waals surface area (Å²) in [5.74, 6) is -0.507. The number of hydrogen-bond acceptors (Lipinski definition) is 2. The summed E-state index contributed by atoms with van der Waals surface area (Å²) in [6.07, 6.45) is -4.35. The van der Waals surface area contributed by atoms with Gasteiger partial charge in [0.05, 0.1) is 11.7 Å². The Labute approximate surface area is 80.3 Å². The summed E-state index contributed by atoms with van der Waals surface area (Å²) in [5.41, 5.74) is -0.925. The van der Waals surface area contributed by atoms with Gasteiger partial charge in [-0.15, -0.1) is 0 Å². The number of carbonyl (C=O) groups excluding carboxylic acids is 1. The largest absolute Gasteiger partial charge is 0.406 e. The van der Waals surface area contributed by atoms with Gasteiger partial charge < -0.3 is 4.90 Å². The summed E-state index contributed by atoms with van der Waals surface area (Å²) >= 11 is 0. The molecule has 3 nitrogen and oxygen atoms in total. The van der Waals surface area contributed by atoms with Gasteiger partial charge in [-0.25, -0.2) is 0 Å². The van der Waals surface area contributed by atoms with Gasteiger partial charge in [-0.1, -0.05) is 0 Å². The topological polar surface area (TPSA) is 32.3 Å². The second kappa shape index (κ2) is 3.12. The lowest BCUT2D eigenvalue weighted by molar-refractivity contribution is -0.165. The van der Waals surface area contributed by atoms with Crippen LogP contribution >= 0.6 is 0 Å². The van der Waals surface area contributed by atoms with Gasteiger partial charge in [0.15, 0.2) is 0 Å². The normalized spacial score (nSPS) is 27.1. The lowest BCUT2D eigenvalue weighted by atomic mass is 10.2. The maximum Gasteiger partial charge on any atom is 0.406 e. The van der Waals surface area contributed by atoms with Gasteiger partial charge in [0.1, 0.15) is 6.54 Å². The summed E-state index contributed by atoms with van der Waals surface area (Å²) in [7, 11) is 0. The van der Waals surface area contributed by atoms with E-state index in [4.69, 9.17) is 0 Å². The number of hydrogen-bond donors (Lipinski definition) is 1. The first-order chi connectivity index (χ1) is 6.13. The molecule has 0 bridgehead atoms. The van der Waals surface area contributed by atoms with Gasteiger partial charge in [-0.2, -0.15) is 13.2 Å². The van der Waals surface area contributed by atoms with Crippen molar-refractivity contribution in [3.63, 3.8) is 0 Å². The Balaban J connectivity index is 2.81. The molecule has 0 radical (unpaired) electrons. The lowest BCUT2D eigenvalue weighted by Crippen LogP contribution is -2.50. The Kier molecular flexibility index (Phi) is 2.51. The van der Waals surface area contributed by atoms with E-state index >= 15 is 0 Å². The molecule has 1 rings (SSSR count). The van der Waals surface area contributed by atoms with Crippen LogP contribution in [0.4, 0.5) is 13.2 Å². The molecule has 82 valence electrons. The monoisotopic (exact) mass is 210 g/mol. The molecule has 0 saturated carbocycles. The minimum absolute atomic E-state index is 0.507.